The molecule has 2 rings (SSSR count). The molecule has 2 aliphatic rings. The smallest absolute Gasteiger partial charge is 0.411 e. The Bertz CT molecular complexity index is 426. The van der Waals surface area contributed by atoms with Crippen LogP contribution in [0.3, 0.4) is 0 Å². The number of rotatable bonds is 2. The Labute approximate surface area is 113 Å². The molecule has 3 atom stereocenters. The quantitative estimate of drug-likeness (QED) is 0.568. The fourth-order valence-electron chi connectivity index (χ4n) is 2.78. The molecule has 1 amide bonds. The number of esters is 1. The van der Waals surface area contributed by atoms with Gasteiger partial charge in [-0.2, -0.15) is 0 Å². The van der Waals surface area contributed by atoms with Crippen molar-refractivity contribution in [2.75, 3.05) is 7.11 Å². The first kappa shape index (κ1) is 13.9. The first-order chi connectivity index (χ1) is 8.74. The minimum atomic E-state index is -0.577. The Kier molecular flexibility index (Phi) is 3.11. The summed E-state index contributed by atoms with van der Waals surface area (Å²) in [6, 6.07) is -0.541. The third-order valence-corrected chi connectivity index (χ3v) is 3.81. The van der Waals surface area contributed by atoms with Crippen molar-refractivity contribution in [1.82, 2.24) is 4.90 Å². The van der Waals surface area contributed by atoms with E-state index in [1.165, 1.54) is 12.0 Å². The first-order valence-corrected chi connectivity index (χ1v) is 6.47. The summed E-state index contributed by atoms with van der Waals surface area (Å²) in [7, 11) is 1.33. The molecule has 0 aromatic carbocycles. The summed E-state index contributed by atoms with van der Waals surface area (Å²) in [5.74, 6) is -0.390. The van der Waals surface area contributed by atoms with Gasteiger partial charge >= 0.3 is 12.1 Å². The van der Waals surface area contributed by atoms with E-state index in [-0.39, 0.29) is 17.4 Å². The first-order valence-electron chi connectivity index (χ1n) is 6.47. The van der Waals surface area contributed by atoms with Crippen molar-refractivity contribution in [3.63, 3.8) is 0 Å². The van der Waals surface area contributed by atoms with Crippen molar-refractivity contribution in [3.05, 3.63) is 12.7 Å². The molecule has 5 nitrogen and oxygen atoms in total. The highest BCUT2D eigenvalue weighted by Gasteiger charge is 2.66. The molecular formula is C14H21NO4. The fraction of sp³-hybridized carbons (Fsp3) is 0.714. The number of nitrogens with zero attached hydrogens (tertiary/aromatic N) is 1. The number of likely N-dealkylation sites (tertiary alicyclic amines) is 1. The van der Waals surface area contributed by atoms with Gasteiger partial charge in [-0.05, 0) is 33.6 Å². The summed E-state index contributed by atoms with van der Waals surface area (Å²) in [5.41, 5.74) is -0.707. The maximum Gasteiger partial charge on any atom is 0.411 e. The molecule has 1 aliphatic carbocycles. The number of amides is 1. The van der Waals surface area contributed by atoms with Gasteiger partial charge in [-0.25, -0.2) is 9.59 Å². The molecule has 1 heterocycles. The summed E-state index contributed by atoms with van der Waals surface area (Å²) in [4.78, 5) is 25.6. The Morgan fingerprint density at radius 3 is 2.47 bits per heavy atom. The average Bonchev–Trinajstić information content (AvgIpc) is 2.92. The van der Waals surface area contributed by atoms with E-state index >= 15 is 0 Å². The van der Waals surface area contributed by atoms with Crippen molar-refractivity contribution in [2.45, 2.75) is 51.3 Å². The van der Waals surface area contributed by atoms with Gasteiger partial charge in [0, 0.05) is 11.5 Å². The molecule has 0 N–H and O–H groups in total. The maximum atomic E-state index is 12.2. The molecule has 5 heteroatoms. The second kappa shape index (κ2) is 4.25. The fourth-order valence-corrected chi connectivity index (χ4v) is 2.78. The van der Waals surface area contributed by atoms with E-state index in [0.29, 0.717) is 6.42 Å². The highest BCUT2D eigenvalue weighted by molar-refractivity contribution is 5.83. The van der Waals surface area contributed by atoms with Crippen LogP contribution in [0.25, 0.3) is 0 Å². The van der Waals surface area contributed by atoms with Gasteiger partial charge in [0.15, 0.2) is 0 Å². The highest BCUT2D eigenvalue weighted by Crippen LogP contribution is 2.60. The third-order valence-electron chi connectivity index (χ3n) is 3.81. The lowest BCUT2D eigenvalue weighted by Gasteiger charge is -2.29. The molecule has 0 aromatic rings. The summed E-state index contributed by atoms with van der Waals surface area (Å²) >= 11 is 0. The van der Waals surface area contributed by atoms with Crippen LogP contribution in [0.4, 0.5) is 4.79 Å². The molecule has 1 aliphatic heterocycles. The largest absolute Gasteiger partial charge is 0.467 e. The number of piperidine rings is 1. The van der Waals surface area contributed by atoms with E-state index in [4.69, 9.17) is 9.47 Å². The number of carbonyl (C=O) groups excluding carboxylic acids is 2. The summed E-state index contributed by atoms with van der Waals surface area (Å²) in [5, 5.41) is 0. The lowest BCUT2D eigenvalue weighted by Crippen LogP contribution is -2.46. The molecule has 19 heavy (non-hydrogen) atoms. The molecular weight excluding hydrogens is 246 g/mol. The number of fused-ring (bicyclic) bond motifs is 1. The van der Waals surface area contributed by atoms with Crippen LogP contribution in [-0.4, -0.2) is 41.8 Å². The molecule has 106 valence electrons. The summed E-state index contributed by atoms with van der Waals surface area (Å²) < 4.78 is 10.2. The Morgan fingerprint density at radius 1 is 1.37 bits per heavy atom. The van der Waals surface area contributed by atoms with Crippen LogP contribution >= 0.6 is 0 Å². The van der Waals surface area contributed by atoms with E-state index in [2.05, 4.69) is 6.58 Å². The standard InChI is InChI=1S/C14H21NO4/c1-6-14-7-9(11(16)18-5)15(10(14)8-14)12(17)19-13(2,3)4/h6,9-10H,1,7-8H2,2-5H3/t9-,10+,14-/m0/s1. The lowest BCUT2D eigenvalue weighted by atomic mass is 10.00. The normalized spacial score (nSPS) is 32.5. The van der Waals surface area contributed by atoms with Crippen LogP contribution in [0.1, 0.15) is 33.6 Å². The van der Waals surface area contributed by atoms with Crippen LogP contribution in [0.2, 0.25) is 0 Å². The average molecular weight is 267 g/mol. The predicted octanol–water partition coefficient (Wildman–Crippen LogP) is 2.11. The molecule has 0 radical (unpaired) electrons. The van der Waals surface area contributed by atoms with E-state index in [1.807, 2.05) is 26.8 Å². The summed E-state index contributed by atoms with van der Waals surface area (Å²) in [6.45, 7) is 9.24. The number of carbonyl (C=O) groups is 2. The monoisotopic (exact) mass is 267 g/mol. The Hall–Kier alpha value is -1.52. The van der Waals surface area contributed by atoms with Gasteiger partial charge in [-0.1, -0.05) is 6.08 Å². The van der Waals surface area contributed by atoms with Crippen LogP contribution < -0.4 is 0 Å². The SMILES string of the molecule is C=C[C@@]12C[C@@H](C(=O)OC)N(C(=O)OC(C)(C)C)[C@@H]1C2. The summed E-state index contributed by atoms with van der Waals surface area (Å²) in [6.07, 6.45) is 2.82. The zero-order valence-electron chi connectivity index (χ0n) is 11.9. The van der Waals surface area contributed by atoms with Crippen molar-refractivity contribution < 1.29 is 19.1 Å². The minimum Gasteiger partial charge on any atom is -0.467 e. The van der Waals surface area contributed by atoms with Crippen molar-refractivity contribution in [2.24, 2.45) is 5.41 Å². The zero-order valence-corrected chi connectivity index (χ0v) is 11.9. The van der Waals surface area contributed by atoms with Crippen LogP contribution in [0.15, 0.2) is 12.7 Å². The third kappa shape index (κ3) is 2.33. The molecule has 0 spiro atoms. The van der Waals surface area contributed by atoms with Gasteiger partial charge in [0.25, 0.3) is 0 Å². The molecule has 0 bridgehead atoms. The Morgan fingerprint density at radius 2 is 2.00 bits per heavy atom. The van der Waals surface area contributed by atoms with Gasteiger partial charge in [0.2, 0.25) is 0 Å². The second-order valence-electron chi connectivity index (χ2n) is 6.29. The van der Waals surface area contributed by atoms with Crippen LogP contribution in [0.5, 0.6) is 0 Å². The molecule has 1 saturated carbocycles. The molecule has 1 saturated heterocycles. The van der Waals surface area contributed by atoms with Crippen LogP contribution in [-0.2, 0) is 14.3 Å². The van der Waals surface area contributed by atoms with Gasteiger partial charge in [0.05, 0.1) is 7.11 Å². The van der Waals surface area contributed by atoms with Gasteiger partial charge in [-0.15, -0.1) is 6.58 Å². The number of ether oxygens (including phenoxy) is 2. The lowest BCUT2D eigenvalue weighted by molar-refractivity contribution is -0.146. The van der Waals surface area contributed by atoms with Gasteiger partial charge in [0.1, 0.15) is 11.6 Å². The molecule has 0 unspecified atom stereocenters. The van der Waals surface area contributed by atoms with Crippen LogP contribution in [0, 0.1) is 5.41 Å². The second-order valence-corrected chi connectivity index (χ2v) is 6.29. The van der Waals surface area contributed by atoms with E-state index in [0.717, 1.165) is 6.42 Å². The number of methoxy groups -OCH3 is 1. The molecule has 0 aromatic heterocycles. The van der Waals surface area contributed by atoms with E-state index < -0.39 is 17.7 Å². The zero-order chi connectivity index (χ0) is 14.4. The number of hydrogen-bond donors (Lipinski definition) is 0. The predicted molar refractivity (Wildman–Crippen MR) is 69.5 cm³/mol. The van der Waals surface area contributed by atoms with Gasteiger partial charge < -0.3 is 9.47 Å². The maximum absolute atomic E-state index is 12.2. The topological polar surface area (TPSA) is 55.8 Å². The number of hydrogen-bond acceptors (Lipinski definition) is 4. The molecule has 2 fully saturated rings. The van der Waals surface area contributed by atoms with Crippen molar-refractivity contribution >= 4 is 12.1 Å². The van der Waals surface area contributed by atoms with Crippen molar-refractivity contribution in [3.8, 4) is 0 Å². The van der Waals surface area contributed by atoms with E-state index in [9.17, 15) is 9.59 Å². The highest BCUT2D eigenvalue weighted by atomic mass is 16.6. The Balaban J connectivity index is 2.18. The van der Waals surface area contributed by atoms with Gasteiger partial charge in [-0.3, -0.25) is 4.90 Å². The minimum absolute atomic E-state index is 0.0175. The van der Waals surface area contributed by atoms with Crippen molar-refractivity contribution in [1.29, 1.82) is 0 Å². The van der Waals surface area contributed by atoms with E-state index in [1.54, 1.807) is 0 Å².